The van der Waals surface area contributed by atoms with Crippen LogP contribution < -0.4 is 15.4 Å². The van der Waals surface area contributed by atoms with Gasteiger partial charge in [0.15, 0.2) is 12.8 Å². The average molecular weight is 371 g/mol. The minimum Gasteiger partial charge on any atom is -0.467 e. The topological polar surface area (TPSA) is 54.9 Å². The third-order valence-electron chi connectivity index (χ3n) is 4.30. The highest BCUT2D eigenvalue weighted by atomic mass is 19.1. The number of rotatable bonds is 7. The maximum atomic E-state index is 13.8. The van der Waals surface area contributed by atoms with Crippen molar-refractivity contribution in [2.24, 2.45) is 4.99 Å². The summed E-state index contributed by atoms with van der Waals surface area (Å²) in [6.45, 7) is 4.75. The van der Waals surface area contributed by atoms with Gasteiger partial charge < -0.3 is 20.1 Å². The molecule has 2 aromatic rings. The summed E-state index contributed by atoms with van der Waals surface area (Å²) >= 11 is 0. The molecule has 1 heterocycles. The van der Waals surface area contributed by atoms with Crippen LogP contribution in [0.1, 0.15) is 23.6 Å². The Kier molecular flexibility index (Phi) is 7.04. The standard InChI is InChI=1S/C21H26FN3O2/c1-2-23-21(24-10-8-16-6-4-3-5-7-16)25-11-9-17-12-19(22)13-18-14-26-15-27-20(17)18/h3-7,12-13H,2,8-11,14-15H2,1H3,(H2,23,24,25). The molecule has 1 aliphatic rings. The molecule has 0 aliphatic carbocycles. The van der Waals surface area contributed by atoms with Gasteiger partial charge in [0, 0.05) is 25.2 Å². The predicted octanol–water partition coefficient (Wildman–Crippen LogP) is 3.03. The largest absolute Gasteiger partial charge is 0.467 e. The van der Waals surface area contributed by atoms with Crippen LogP contribution in [0.5, 0.6) is 5.75 Å². The number of halogens is 1. The van der Waals surface area contributed by atoms with Crippen molar-refractivity contribution in [3.05, 3.63) is 65.0 Å². The lowest BCUT2D eigenvalue weighted by molar-refractivity contribution is -0.0172. The molecule has 0 radical (unpaired) electrons. The van der Waals surface area contributed by atoms with Crippen LogP contribution in [0, 0.1) is 5.82 Å². The Labute approximate surface area is 159 Å². The van der Waals surface area contributed by atoms with Crippen molar-refractivity contribution in [2.45, 2.75) is 26.4 Å². The van der Waals surface area contributed by atoms with E-state index in [0.717, 1.165) is 42.3 Å². The highest BCUT2D eigenvalue weighted by Crippen LogP contribution is 2.29. The van der Waals surface area contributed by atoms with Gasteiger partial charge in [0.25, 0.3) is 0 Å². The number of nitrogens with one attached hydrogen (secondary N) is 2. The Hall–Kier alpha value is -2.60. The highest BCUT2D eigenvalue weighted by Gasteiger charge is 2.16. The quantitative estimate of drug-likeness (QED) is 0.580. The monoisotopic (exact) mass is 371 g/mol. The third-order valence-corrected chi connectivity index (χ3v) is 4.30. The van der Waals surface area contributed by atoms with E-state index in [1.54, 1.807) is 0 Å². The molecule has 3 rings (SSSR count). The summed E-state index contributed by atoms with van der Waals surface area (Å²) < 4.78 is 24.6. The van der Waals surface area contributed by atoms with Crippen molar-refractivity contribution in [3.8, 4) is 5.75 Å². The lowest BCUT2D eigenvalue weighted by Gasteiger charge is -2.20. The maximum Gasteiger partial charge on any atom is 0.191 e. The summed E-state index contributed by atoms with van der Waals surface area (Å²) in [6.07, 6.45) is 1.53. The van der Waals surface area contributed by atoms with Gasteiger partial charge in [0.2, 0.25) is 0 Å². The third kappa shape index (κ3) is 5.69. The Morgan fingerprint density at radius 2 is 2.00 bits per heavy atom. The van der Waals surface area contributed by atoms with Crippen molar-refractivity contribution >= 4 is 5.96 Å². The van der Waals surface area contributed by atoms with Crippen LogP contribution in [0.2, 0.25) is 0 Å². The molecule has 0 amide bonds. The van der Waals surface area contributed by atoms with E-state index in [1.807, 2.05) is 25.1 Å². The predicted molar refractivity (Wildman–Crippen MR) is 105 cm³/mol. The van der Waals surface area contributed by atoms with Crippen LogP contribution in [0.15, 0.2) is 47.5 Å². The van der Waals surface area contributed by atoms with Crippen LogP contribution in [0.4, 0.5) is 4.39 Å². The second-order valence-electron chi connectivity index (χ2n) is 6.34. The van der Waals surface area contributed by atoms with Crippen molar-refractivity contribution in [3.63, 3.8) is 0 Å². The lowest BCUT2D eigenvalue weighted by Crippen LogP contribution is -2.38. The zero-order chi connectivity index (χ0) is 18.9. The molecule has 0 bridgehead atoms. The van der Waals surface area contributed by atoms with Crippen LogP contribution in [0.25, 0.3) is 0 Å². The van der Waals surface area contributed by atoms with Gasteiger partial charge in [-0.3, -0.25) is 4.99 Å². The first-order valence-electron chi connectivity index (χ1n) is 9.34. The first-order valence-corrected chi connectivity index (χ1v) is 9.34. The molecular formula is C21H26FN3O2. The average Bonchev–Trinajstić information content (AvgIpc) is 2.68. The second-order valence-corrected chi connectivity index (χ2v) is 6.34. The van der Waals surface area contributed by atoms with E-state index in [4.69, 9.17) is 9.47 Å². The molecule has 6 heteroatoms. The molecule has 0 saturated heterocycles. The Balaban J connectivity index is 1.56. The summed E-state index contributed by atoms with van der Waals surface area (Å²) in [6, 6.07) is 13.3. The minimum atomic E-state index is -0.269. The van der Waals surface area contributed by atoms with Gasteiger partial charge in [-0.2, -0.15) is 0 Å². The van der Waals surface area contributed by atoms with Crippen LogP contribution in [-0.4, -0.2) is 32.4 Å². The first-order chi connectivity index (χ1) is 13.3. The number of fused-ring (bicyclic) bond motifs is 1. The van der Waals surface area contributed by atoms with E-state index in [0.29, 0.717) is 19.6 Å². The van der Waals surface area contributed by atoms with Gasteiger partial charge >= 0.3 is 0 Å². The van der Waals surface area contributed by atoms with E-state index in [-0.39, 0.29) is 12.6 Å². The van der Waals surface area contributed by atoms with E-state index < -0.39 is 0 Å². The van der Waals surface area contributed by atoms with Crippen LogP contribution in [-0.2, 0) is 24.2 Å². The Bertz CT molecular complexity index is 766. The van der Waals surface area contributed by atoms with Gasteiger partial charge in [-0.15, -0.1) is 0 Å². The van der Waals surface area contributed by atoms with Gasteiger partial charge in [-0.1, -0.05) is 30.3 Å². The fraction of sp³-hybridized carbons (Fsp3) is 0.381. The number of hydrogen-bond acceptors (Lipinski definition) is 3. The van der Waals surface area contributed by atoms with Crippen molar-refractivity contribution in [1.82, 2.24) is 10.6 Å². The van der Waals surface area contributed by atoms with Crippen molar-refractivity contribution in [2.75, 3.05) is 26.4 Å². The first kappa shape index (κ1) is 19.2. The molecule has 0 atom stereocenters. The molecule has 0 spiro atoms. The Morgan fingerprint density at radius 1 is 1.15 bits per heavy atom. The molecule has 27 heavy (non-hydrogen) atoms. The number of ether oxygens (including phenoxy) is 2. The molecule has 2 aromatic carbocycles. The molecule has 0 fully saturated rings. The molecule has 1 aliphatic heterocycles. The fourth-order valence-corrected chi connectivity index (χ4v) is 3.04. The summed E-state index contributed by atoms with van der Waals surface area (Å²) in [5.74, 6) is 1.23. The zero-order valence-corrected chi connectivity index (χ0v) is 15.6. The van der Waals surface area contributed by atoms with E-state index >= 15 is 0 Å². The van der Waals surface area contributed by atoms with Crippen molar-refractivity contribution in [1.29, 1.82) is 0 Å². The van der Waals surface area contributed by atoms with Gasteiger partial charge in [0.05, 0.1) is 6.61 Å². The van der Waals surface area contributed by atoms with Crippen LogP contribution >= 0.6 is 0 Å². The smallest absolute Gasteiger partial charge is 0.191 e. The maximum absolute atomic E-state index is 13.8. The summed E-state index contributed by atoms with van der Waals surface area (Å²) in [4.78, 5) is 4.60. The van der Waals surface area contributed by atoms with Gasteiger partial charge in [0.1, 0.15) is 11.6 Å². The molecular weight excluding hydrogens is 345 g/mol. The summed E-state index contributed by atoms with van der Waals surface area (Å²) in [7, 11) is 0. The Morgan fingerprint density at radius 3 is 2.81 bits per heavy atom. The lowest BCUT2D eigenvalue weighted by atomic mass is 10.1. The molecule has 5 nitrogen and oxygen atoms in total. The van der Waals surface area contributed by atoms with Crippen molar-refractivity contribution < 1.29 is 13.9 Å². The molecule has 144 valence electrons. The number of guanidine groups is 1. The molecule has 0 saturated carbocycles. The van der Waals surface area contributed by atoms with Crippen LogP contribution in [0.3, 0.4) is 0 Å². The summed E-state index contributed by atoms with van der Waals surface area (Å²) in [5, 5.41) is 6.59. The number of benzene rings is 2. The van der Waals surface area contributed by atoms with Gasteiger partial charge in [-0.25, -0.2) is 4.39 Å². The number of hydrogen-bond donors (Lipinski definition) is 2. The zero-order valence-electron chi connectivity index (χ0n) is 15.6. The fourth-order valence-electron chi connectivity index (χ4n) is 3.04. The highest BCUT2D eigenvalue weighted by molar-refractivity contribution is 5.79. The molecule has 2 N–H and O–H groups in total. The number of aliphatic imine (C=N–C) groups is 1. The second kappa shape index (κ2) is 9.92. The number of nitrogens with zero attached hydrogens (tertiary/aromatic N) is 1. The summed E-state index contributed by atoms with van der Waals surface area (Å²) in [5.41, 5.74) is 2.87. The van der Waals surface area contributed by atoms with E-state index in [9.17, 15) is 4.39 Å². The van der Waals surface area contributed by atoms with E-state index in [1.165, 1.54) is 17.7 Å². The van der Waals surface area contributed by atoms with Gasteiger partial charge in [-0.05, 0) is 43.0 Å². The molecule has 0 unspecified atom stereocenters. The van der Waals surface area contributed by atoms with E-state index in [2.05, 4.69) is 27.8 Å². The normalized spacial score (nSPS) is 13.6. The minimum absolute atomic E-state index is 0.207. The molecule has 0 aromatic heterocycles. The SMILES string of the molecule is CCNC(=NCCc1cc(F)cc2c1OCOC2)NCCc1ccccc1.